The van der Waals surface area contributed by atoms with Crippen molar-refractivity contribution >= 4 is 27.5 Å². The van der Waals surface area contributed by atoms with Crippen LogP contribution in [-0.2, 0) is 11.3 Å². The molecule has 28 heavy (non-hydrogen) atoms. The van der Waals surface area contributed by atoms with Gasteiger partial charge in [0.25, 0.3) is 5.56 Å². The zero-order chi connectivity index (χ0) is 19.5. The van der Waals surface area contributed by atoms with Crippen molar-refractivity contribution < 1.29 is 4.79 Å². The fourth-order valence-corrected chi connectivity index (χ4v) is 7.36. The van der Waals surface area contributed by atoms with E-state index in [1.54, 1.807) is 11.4 Å². The van der Waals surface area contributed by atoms with Crippen molar-refractivity contribution in [1.82, 2.24) is 14.9 Å². The molecule has 2 aromatic rings. The molecule has 4 bridgehead atoms. The fourth-order valence-electron chi connectivity index (χ4n) is 6.56. The Morgan fingerprint density at radius 3 is 2.54 bits per heavy atom. The topological polar surface area (TPSA) is 84.0 Å². The highest BCUT2D eigenvalue weighted by molar-refractivity contribution is 7.17. The summed E-state index contributed by atoms with van der Waals surface area (Å²) in [6.07, 6.45) is 8.04. The highest BCUT2D eigenvalue weighted by Gasteiger charge is 2.53. The number of amides is 1. The standard InChI is InChI=1S/C21H27N3O3S/c1-12(21-9-13-6-14(10-21)8-15(7-13)11-21)22-17(25)2-4-24-19(26)18-16(3-5-28-18)23-20(24)27/h3,5,12-15H,2,4,6-11H2,1H3,(H,22,25)(H,23,27)/t12-,13?,14?,15?,21?/m1/s1. The molecule has 2 aromatic heterocycles. The third-order valence-corrected chi connectivity index (χ3v) is 8.44. The molecule has 1 atom stereocenters. The van der Waals surface area contributed by atoms with Crippen molar-refractivity contribution in [2.24, 2.45) is 23.2 Å². The van der Waals surface area contributed by atoms with Gasteiger partial charge in [-0.3, -0.25) is 14.2 Å². The van der Waals surface area contributed by atoms with E-state index in [-0.39, 0.29) is 35.9 Å². The molecular weight excluding hydrogens is 374 g/mol. The van der Waals surface area contributed by atoms with Crippen molar-refractivity contribution in [3.8, 4) is 0 Å². The monoisotopic (exact) mass is 401 g/mol. The Labute approximate surface area is 167 Å². The molecule has 4 aliphatic carbocycles. The molecule has 7 heteroatoms. The predicted molar refractivity (Wildman–Crippen MR) is 110 cm³/mol. The molecule has 4 aliphatic rings. The lowest BCUT2D eigenvalue weighted by Crippen LogP contribution is -2.55. The Bertz CT molecular complexity index is 998. The van der Waals surface area contributed by atoms with E-state index in [4.69, 9.17) is 0 Å². The van der Waals surface area contributed by atoms with Gasteiger partial charge in [-0.15, -0.1) is 11.3 Å². The van der Waals surface area contributed by atoms with Gasteiger partial charge < -0.3 is 10.3 Å². The molecule has 0 unspecified atom stereocenters. The maximum Gasteiger partial charge on any atom is 0.328 e. The van der Waals surface area contributed by atoms with Crippen LogP contribution in [0.1, 0.15) is 51.9 Å². The number of fused-ring (bicyclic) bond motifs is 1. The third kappa shape index (κ3) is 2.95. The van der Waals surface area contributed by atoms with Crippen LogP contribution in [-0.4, -0.2) is 21.5 Å². The van der Waals surface area contributed by atoms with Gasteiger partial charge in [-0.25, -0.2) is 4.79 Å². The first-order valence-electron chi connectivity index (χ1n) is 10.4. The molecule has 0 radical (unpaired) electrons. The van der Waals surface area contributed by atoms with Gasteiger partial charge in [-0.1, -0.05) is 0 Å². The molecule has 4 fully saturated rings. The van der Waals surface area contributed by atoms with Crippen LogP contribution in [0.5, 0.6) is 0 Å². The number of carbonyl (C=O) groups excluding carboxylic acids is 1. The summed E-state index contributed by atoms with van der Waals surface area (Å²) in [5.74, 6) is 2.47. The largest absolute Gasteiger partial charge is 0.353 e. The summed E-state index contributed by atoms with van der Waals surface area (Å²) in [5.41, 5.74) is 0.0684. The van der Waals surface area contributed by atoms with Gasteiger partial charge in [0.1, 0.15) is 4.70 Å². The number of nitrogens with one attached hydrogen (secondary N) is 2. The van der Waals surface area contributed by atoms with E-state index in [1.165, 1.54) is 49.9 Å². The summed E-state index contributed by atoms with van der Waals surface area (Å²) in [6.45, 7) is 2.27. The first-order chi connectivity index (χ1) is 13.4. The Morgan fingerprint density at radius 1 is 1.25 bits per heavy atom. The lowest BCUT2D eigenvalue weighted by atomic mass is 9.48. The maximum atomic E-state index is 12.6. The molecule has 0 spiro atoms. The van der Waals surface area contributed by atoms with E-state index in [0.717, 1.165) is 22.3 Å². The smallest absolute Gasteiger partial charge is 0.328 e. The summed E-state index contributed by atoms with van der Waals surface area (Å²) in [5, 5.41) is 5.00. The van der Waals surface area contributed by atoms with E-state index in [1.807, 2.05) is 0 Å². The molecule has 1 amide bonds. The van der Waals surface area contributed by atoms with Crippen molar-refractivity contribution in [2.75, 3.05) is 0 Å². The summed E-state index contributed by atoms with van der Waals surface area (Å²) in [4.78, 5) is 40.0. The molecule has 150 valence electrons. The lowest BCUT2D eigenvalue weighted by Gasteiger charge is -2.59. The van der Waals surface area contributed by atoms with Crippen LogP contribution in [0, 0.1) is 23.2 Å². The quantitative estimate of drug-likeness (QED) is 0.808. The third-order valence-electron chi connectivity index (χ3n) is 7.54. The van der Waals surface area contributed by atoms with E-state index < -0.39 is 5.69 Å². The van der Waals surface area contributed by atoms with Crippen molar-refractivity contribution in [3.05, 3.63) is 32.3 Å². The number of thiophene rings is 1. The Kier molecular flexibility index (Phi) is 4.27. The Balaban J connectivity index is 1.26. The molecule has 0 aromatic carbocycles. The SMILES string of the molecule is C[C@@H](NC(=O)CCn1c(=O)[nH]c2ccsc2c1=O)C12CC3CC(CC(C3)C1)C2. The van der Waals surface area contributed by atoms with E-state index in [0.29, 0.717) is 10.2 Å². The van der Waals surface area contributed by atoms with E-state index in [2.05, 4.69) is 17.2 Å². The van der Waals surface area contributed by atoms with Gasteiger partial charge in [0.05, 0.1) is 5.52 Å². The minimum absolute atomic E-state index is 0.0687. The molecule has 6 rings (SSSR count). The molecular formula is C21H27N3O3S. The summed E-state index contributed by atoms with van der Waals surface area (Å²) in [6, 6.07) is 1.88. The van der Waals surface area contributed by atoms with Gasteiger partial charge >= 0.3 is 5.69 Å². The van der Waals surface area contributed by atoms with Crippen LogP contribution in [0.2, 0.25) is 0 Å². The zero-order valence-electron chi connectivity index (χ0n) is 16.2. The van der Waals surface area contributed by atoms with Crippen LogP contribution in [0.4, 0.5) is 0 Å². The zero-order valence-corrected chi connectivity index (χ0v) is 17.0. The normalized spacial score (nSPS) is 32.0. The first-order valence-corrected chi connectivity index (χ1v) is 11.3. The number of H-pyrrole nitrogens is 1. The minimum atomic E-state index is -0.446. The summed E-state index contributed by atoms with van der Waals surface area (Å²) in [7, 11) is 0. The van der Waals surface area contributed by atoms with Crippen molar-refractivity contribution in [3.63, 3.8) is 0 Å². The molecule has 6 nitrogen and oxygen atoms in total. The van der Waals surface area contributed by atoms with E-state index in [9.17, 15) is 14.4 Å². The fraction of sp³-hybridized carbons (Fsp3) is 0.667. The van der Waals surface area contributed by atoms with Crippen molar-refractivity contribution in [2.45, 2.75) is 64.5 Å². The minimum Gasteiger partial charge on any atom is -0.353 e. The molecule has 0 saturated heterocycles. The molecule has 0 aliphatic heterocycles. The van der Waals surface area contributed by atoms with Crippen molar-refractivity contribution in [1.29, 1.82) is 0 Å². The average molecular weight is 402 g/mol. The maximum absolute atomic E-state index is 12.6. The summed E-state index contributed by atoms with van der Waals surface area (Å²) >= 11 is 1.31. The number of hydrogen-bond donors (Lipinski definition) is 2. The average Bonchev–Trinajstić information content (AvgIpc) is 3.08. The van der Waals surface area contributed by atoms with Gasteiger partial charge in [-0.05, 0) is 80.1 Å². The number of hydrogen-bond acceptors (Lipinski definition) is 4. The summed E-state index contributed by atoms with van der Waals surface area (Å²) < 4.78 is 1.68. The van der Waals surface area contributed by atoms with Crippen LogP contribution >= 0.6 is 11.3 Å². The van der Waals surface area contributed by atoms with E-state index >= 15 is 0 Å². The van der Waals surface area contributed by atoms with Crippen LogP contribution in [0.3, 0.4) is 0 Å². The second-order valence-corrected chi connectivity index (χ2v) is 10.3. The number of nitrogens with zero attached hydrogens (tertiary/aromatic N) is 1. The Morgan fingerprint density at radius 2 is 1.89 bits per heavy atom. The Hall–Kier alpha value is -1.89. The number of aromatic amines is 1. The highest BCUT2D eigenvalue weighted by atomic mass is 32.1. The number of carbonyl (C=O) groups is 1. The van der Waals surface area contributed by atoms with Crippen LogP contribution < -0.4 is 16.6 Å². The van der Waals surface area contributed by atoms with Gasteiger partial charge in [-0.2, -0.15) is 0 Å². The van der Waals surface area contributed by atoms with Crippen LogP contribution in [0.25, 0.3) is 10.2 Å². The molecule has 4 saturated carbocycles. The molecule has 2 N–H and O–H groups in total. The lowest BCUT2D eigenvalue weighted by molar-refractivity contribution is -0.126. The van der Waals surface area contributed by atoms with Gasteiger partial charge in [0, 0.05) is 19.0 Å². The first kappa shape index (κ1) is 18.2. The highest BCUT2D eigenvalue weighted by Crippen LogP contribution is 2.61. The van der Waals surface area contributed by atoms with Crippen LogP contribution in [0.15, 0.2) is 21.0 Å². The van der Waals surface area contributed by atoms with Gasteiger partial charge in [0.15, 0.2) is 0 Å². The number of aromatic nitrogens is 2. The molecule has 2 heterocycles. The van der Waals surface area contributed by atoms with Gasteiger partial charge in [0.2, 0.25) is 5.91 Å². The second kappa shape index (κ2) is 6.58. The second-order valence-electron chi connectivity index (χ2n) is 9.37. The predicted octanol–water partition coefficient (Wildman–Crippen LogP) is 2.86. The number of rotatable bonds is 5.